The molecule has 0 aromatic rings. The second kappa shape index (κ2) is 13.8. The van der Waals surface area contributed by atoms with Crippen LogP contribution in [0.25, 0.3) is 0 Å². The zero-order valence-corrected chi connectivity index (χ0v) is 12.9. The molecule has 0 bridgehead atoms. The Morgan fingerprint density at radius 1 is 1.05 bits per heavy atom. The highest BCUT2D eigenvalue weighted by molar-refractivity contribution is 5.75. The number of esters is 1. The number of hydrogen-bond acceptors (Lipinski definition) is 4. The third-order valence-electron chi connectivity index (χ3n) is 3.07. The van der Waals surface area contributed by atoms with Crippen molar-refractivity contribution in [1.82, 2.24) is 5.32 Å². The number of methoxy groups -OCH3 is 1. The molecule has 0 amide bonds. The minimum Gasteiger partial charge on any atom is -0.468 e. The van der Waals surface area contributed by atoms with E-state index in [0.717, 1.165) is 26.0 Å². The van der Waals surface area contributed by atoms with Crippen LogP contribution >= 0.6 is 0 Å². The number of carbonyl (C=O) groups is 1. The topological polar surface area (TPSA) is 47.6 Å². The summed E-state index contributed by atoms with van der Waals surface area (Å²) in [6.07, 6.45) is 7.92. The van der Waals surface area contributed by atoms with E-state index < -0.39 is 0 Å². The summed E-state index contributed by atoms with van der Waals surface area (Å²) in [5.74, 6) is -0.194. The van der Waals surface area contributed by atoms with E-state index in [-0.39, 0.29) is 12.0 Å². The predicted octanol–water partition coefficient (Wildman–Crippen LogP) is 2.90. The van der Waals surface area contributed by atoms with Crippen LogP contribution in [0, 0.1) is 0 Å². The lowest BCUT2D eigenvalue weighted by molar-refractivity contribution is -0.143. The molecule has 1 atom stereocenters. The predicted molar refractivity (Wildman–Crippen MR) is 78.3 cm³/mol. The standard InChI is InChI=1S/C15H31NO3/c1-4-6-7-8-9-12-19-13-10-14(15(17)18-3)16-11-5-2/h14,16H,4-13H2,1-3H3. The maximum atomic E-state index is 11.5. The third kappa shape index (κ3) is 11.0. The summed E-state index contributed by atoms with van der Waals surface area (Å²) < 4.78 is 10.3. The van der Waals surface area contributed by atoms with Gasteiger partial charge in [0.2, 0.25) is 0 Å². The highest BCUT2D eigenvalue weighted by Gasteiger charge is 2.17. The molecule has 1 N–H and O–H groups in total. The summed E-state index contributed by atoms with van der Waals surface area (Å²) in [5.41, 5.74) is 0. The van der Waals surface area contributed by atoms with Gasteiger partial charge < -0.3 is 14.8 Å². The fourth-order valence-electron chi connectivity index (χ4n) is 1.87. The fraction of sp³-hybridized carbons (Fsp3) is 0.933. The van der Waals surface area contributed by atoms with Crippen LogP contribution in [-0.2, 0) is 14.3 Å². The third-order valence-corrected chi connectivity index (χ3v) is 3.07. The van der Waals surface area contributed by atoms with Crippen LogP contribution in [0.5, 0.6) is 0 Å². The molecule has 4 heteroatoms. The molecule has 0 heterocycles. The summed E-state index contributed by atoms with van der Waals surface area (Å²) in [4.78, 5) is 11.5. The van der Waals surface area contributed by atoms with Gasteiger partial charge in [-0.05, 0) is 25.8 Å². The fourth-order valence-corrected chi connectivity index (χ4v) is 1.87. The highest BCUT2D eigenvalue weighted by atomic mass is 16.5. The lowest BCUT2D eigenvalue weighted by Gasteiger charge is -2.15. The molecule has 0 saturated carbocycles. The van der Waals surface area contributed by atoms with Gasteiger partial charge in [-0.1, -0.05) is 39.5 Å². The second-order valence-electron chi connectivity index (χ2n) is 4.85. The van der Waals surface area contributed by atoms with E-state index in [0.29, 0.717) is 13.0 Å². The first-order valence-electron chi connectivity index (χ1n) is 7.65. The highest BCUT2D eigenvalue weighted by Crippen LogP contribution is 2.03. The number of hydrogen-bond donors (Lipinski definition) is 1. The molecule has 4 nitrogen and oxygen atoms in total. The van der Waals surface area contributed by atoms with Crippen molar-refractivity contribution in [2.45, 2.75) is 64.8 Å². The van der Waals surface area contributed by atoms with E-state index in [4.69, 9.17) is 9.47 Å². The van der Waals surface area contributed by atoms with Gasteiger partial charge in [0.25, 0.3) is 0 Å². The summed E-state index contributed by atoms with van der Waals surface area (Å²) >= 11 is 0. The number of rotatable bonds is 13. The molecule has 0 aromatic heterocycles. The number of nitrogens with one attached hydrogen (secondary N) is 1. The zero-order valence-electron chi connectivity index (χ0n) is 12.9. The molecule has 0 radical (unpaired) electrons. The van der Waals surface area contributed by atoms with Crippen LogP contribution in [0.3, 0.4) is 0 Å². The largest absolute Gasteiger partial charge is 0.468 e. The molecule has 1 unspecified atom stereocenters. The van der Waals surface area contributed by atoms with Crippen LogP contribution in [0.2, 0.25) is 0 Å². The van der Waals surface area contributed by atoms with Crippen molar-refractivity contribution in [2.75, 3.05) is 26.9 Å². The first-order valence-corrected chi connectivity index (χ1v) is 7.65. The lowest BCUT2D eigenvalue weighted by atomic mass is 10.2. The van der Waals surface area contributed by atoms with E-state index in [9.17, 15) is 4.79 Å². The Bertz CT molecular complexity index is 210. The van der Waals surface area contributed by atoms with E-state index in [1.165, 1.54) is 32.8 Å². The quantitative estimate of drug-likeness (QED) is 0.414. The molecule has 114 valence electrons. The molecule has 0 fully saturated rings. The molecule has 0 saturated heterocycles. The molecule has 0 rings (SSSR count). The van der Waals surface area contributed by atoms with Crippen LogP contribution < -0.4 is 5.32 Å². The van der Waals surface area contributed by atoms with Crippen molar-refractivity contribution in [2.24, 2.45) is 0 Å². The van der Waals surface area contributed by atoms with Gasteiger partial charge in [-0.25, -0.2) is 0 Å². The summed E-state index contributed by atoms with van der Waals surface area (Å²) in [5, 5.41) is 3.18. The van der Waals surface area contributed by atoms with E-state index in [2.05, 4.69) is 19.2 Å². The van der Waals surface area contributed by atoms with Gasteiger partial charge in [-0.15, -0.1) is 0 Å². The van der Waals surface area contributed by atoms with Crippen molar-refractivity contribution < 1.29 is 14.3 Å². The Morgan fingerprint density at radius 3 is 2.42 bits per heavy atom. The van der Waals surface area contributed by atoms with Gasteiger partial charge >= 0.3 is 5.97 Å². The molecule has 0 aliphatic rings. The minimum absolute atomic E-state index is 0.194. The Hall–Kier alpha value is -0.610. The maximum absolute atomic E-state index is 11.5. The van der Waals surface area contributed by atoms with E-state index in [1.54, 1.807) is 0 Å². The zero-order chi connectivity index (χ0) is 14.3. The molecule has 0 aliphatic carbocycles. The SMILES string of the molecule is CCCCCCCOCCC(NCCC)C(=O)OC. The van der Waals surface area contributed by atoms with E-state index >= 15 is 0 Å². The molecule has 0 spiro atoms. The monoisotopic (exact) mass is 273 g/mol. The van der Waals surface area contributed by atoms with Crippen molar-refractivity contribution in [3.05, 3.63) is 0 Å². The summed E-state index contributed by atoms with van der Waals surface area (Å²) in [7, 11) is 1.43. The van der Waals surface area contributed by atoms with E-state index in [1.807, 2.05) is 0 Å². The van der Waals surface area contributed by atoms with Gasteiger partial charge in [0, 0.05) is 13.2 Å². The van der Waals surface area contributed by atoms with Crippen LogP contribution in [0.4, 0.5) is 0 Å². The summed E-state index contributed by atoms with van der Waals surface area (Å²) in [6.45, 7) is 6.54. The van der Waals surface area contributed by atoms with Crippen molar-refractivity contribution in [1.29, 1.82) is 0 Å². The lowest BCUT2D eigenvalue weighted by Crippen LogP contribution is -2.39. The van der Waals surface area contributed by atoms with Gasteiger partial charge in [0.15, 0.2) is 0 Å². The van der Waals surface area contributed by atoms with Crippen molar-refractivity contribution >= 4 is 5.97 Å². The Labute approximate surface area is 118 Å². The minimum atomic E-state index is -0.231. The smallest absolute Gasteiger partial charge is 0.322 e. The van der Waals surface area contributed by atoms with Crippen LogP contribution in [0.1, 0.15) is 58.8 Å². The van der Waals surface area contributed by atoms with Crippen LogP contribution in [0.15, 0.2) is 0 Å². The molecule has 0 aliphatic heterocycles. The molecular weight excluding hydrogens is 242 g/mol. The number of carbonyl (C=O) groups excluding carboxylic acids is 1. The first kappa shape index (κ1) is 18.4. The van der Waals surface area contributed by atoms with Crippen LogP contribution in [-0.4, -0.2) is 38.9 Å². The van der Waals surface area contributed by atoms with Gasteiger partial charge in [0.1, 0.15) is 6.04 Å². The first-order chi connectivity index (χ1) is 9.26. The van der Waals surface area contributed by atoms with Gasteiger partial charge in [0.05, 0.1) is 7.11 Å². The second-order valence-corrected chi connectivity index (χ2v) is 4.85. The molecule has 0 aromatic carbocycles. The van der Waals surface area contributed by atoms with Crippen molar-refractivity contribution in [3.63, 3.8) is 0 Å². The van der Waals surface area contributed by atoms with Gasteiger partial charge in [-0.3, -0.25) is 4.79 Å². The van der Waals surface area contributed by atoms with Crippen molar-refractivity contribution in [3.8, 4) is 0 Å². The maximum Gasteiger partial charge on any atom is 0.322 e. The molecule has 19 heavy (non-hydrogen) atoms. The number of ether oxygens (including phenoxy) is 2. The Kier molecular flexibility index (Phi) is 13.4. The number of unbranched alkanes of at least 4 members (excludes halogenated alkanes) is 4. The average Bonchev–Trinajstić information content (AvgIpc) is 2.44. The molecular formula is C15H31NO3. The average molecular weight is 273 g/mol. The van der Waals surface area contributed by atoms with Gasteiger partial charge in [-0.2, -0.15) is 0 Å². The summed E-state index contributed by atoms with van der Waals surface area (Å²) in [6, 6.07) is -0.231. The Morgan fingerprint density at radius 2 is 1.79 bits per heavy atom. The normalized spacial score (nSPS) is 12.4. The Balaban J connectivity index is 3.55.